The molecule has 1 saturated heterocycles. The quantitative estimate of drug-likeness (QED) is 0.810. The van der Waals surface area contributed by atoms with Crippen LogP contribution in [0.4, 0.5) is 0 Å². The third-order valence-corrected chi connectivity index (χ3v) is 5.12. The number of carboxylic acid groups (broad SMARTS) is 1. The van der Waals surface area contributed by atoms with Crippen LogP contribution in [-0.2, 0) is 9.59 Å². The second-order valence-corrected chi connectivity index (χ2v) is 6.72. The lowest BCUT2D eigenvalue weighted by molar-refractivity contribution is -0.141. The molecule has 0 bridgehead atoms. The zero-order valence-electron chi connectivity index (χ0n) is 14.6. The minimum absolute atomic E-state index is 0.0246. The summed E-state index contributed by atoms with van der Waals surface area (Å²) in [4.78, 5) is 26.2. The highest BCUT2D eigenvalue weighted by Crippen LogP contribution is 2.34. The number of nitrogens with zero attached hydrogens (tertiary/aromatic N) is 1. The van der Waals surface area contributed by atoms with Crippen molar-refractivity contribution in [3.63, 3.8) is 0 Å². The van der Waals surface area contributed by atoms with E-state index in [9.17, 15) is 14.7 Å². The van der Waals surface area contributed by atoms with Crippen molar-refractivity contribution < 1.29 is 14.7 Å². The molecule has 1 heterocycles. The van der Waals surface area contributed by atoms with E-state index < -0.39 is 11.9 Å². The molecule has 1 N–H and O–H groups in total. The molecule has 3 atom stereocenters. The number of carbonyl (C=O) groups excluding carboxylic acids is 1. The van der Waals surface area contributed by atoms with Crippen LogP contribution in [0.15, 0.2) is 73.3 Å². The minimum Gasteiger partial charge on any atom is -0.481 e. The minimum atomic E-state index is -0.850. The van der Waals surface area contributed by atoms with Gasteiger partial charge >= 0.3 is 5.97 Å². The number of allylic oxidation sites excluding steroid dienone is 1. The SMILES string of the molecule is C=CC(CC(=O)N1C[C@H](c2ccccc2)[C@H](C(=O)O)C1)c1ccccc1. The first-order valence-electron chi connectivity index (χ1n) is 8.83. The second kappa shape index (κ2) is 8.00. The average Bonchev–Trinajstić information content (AvgIpc) is 3.13. The lowest BCUT2D eigenvalue weighted by Crippen LogP contribution is -2.30. The Morgan fingerprint density at radius 3 is 2.27 bits per heavy atom. The Balaban J connectivity index is 1.74. The van der Waals surface area contributed by atoms with Crippen LogP contribution in [0.5, 0.6) is 0 Å². The van der Waals surface area contributed by atoms with E-state index >= 15 is 0 Å². The van der Waals surface area contributed by atoms with Crippen LogP contribution in [0.25, 0.3) is 0 Å². The van der Waals surface area contributed by atoms with Gasteiger partial charge in [-0.05, 0) is 11.1 Å². The number of carbonyl (C=O) groups is 2. The normalized spacial score (nSPS) is 20.5. The molecule has 4 heteroatoms. The Labute approximate surface area is 153 Å². The third-order valence-electron chi connectivity index (χ3n) is 5.12. The highest BCUT2D eigenvalue weighted by molar-refractivity contribution is 5.80. The molecule has 0 radical (unpaired) electrons. The Morgan fingerprint density at radius 2 is 1.69 bits per heavy atom. The van der Waals surface area contributed by atoms with Gasteiger partial charge in [-0.3, -0.25) is 9.59 Å². The first-order chi connectivity index (χ1) is 12.6. The molecule has 1 aliphatic heterocycles. The fraction of sp³-hybridized carbons (Fsp3) is 0.273. The van der Waals surface area contributed by atoms with Crippen molar-refractivity contribution >= 4 is 11.9 Å². The molecule has 3 rings (SSSR count). The van der Waals surface area contributed by atoms with Crippen molar-refractivity contribution in [2.24, 2.45) is 5.92 Å². The molecule has 0 saturated carbocycles. The molecule has 0 aliphatic carbocycles. The first kappa shape index (κ1) is 17.9. The number of rotatable bonds is 6. The van der Waals surface area contributed by atoms with Crippen molar-refractivity contribution in [3.05, 3.63) is 84.4 Å². The number of benzene rings is 2. The van der Waals surface area contributed by atoms with Crippen molar-refractivity contribution in [2.45, 2.75) is 18.3 Å². The van der Waals surface area contributed by atoms with Crippen molar-refractivity contribution in [1.29, 1.82) is 0 Å². The number of amides is 1. The first-order valence-corrected chi connectivity index (χ1v) is 8.83. The summed E-state index contributed by atoms with van der Waals surface area (Å²) in [6, 6.07) is 19.4. The lowest BCUT2D eigenvalue weighted by Gasteiger charge is -2.20. The van der Waals surface area contributed by atoms with Crippen LogP contribution in [0.2, 0.25) is 0 Å². The Morgan fingerprint density at radius 1 is 1.08 bits per heavy atom. The van der Waals surface area contributed by atoms with Gasteiger partial charge in [0.25, 0.3) is 0 Å². The van der Waals surface area contributed by atoms with E-state index in [-0.39, 0.29) is 24.3 Å². The van der Waals surface area contributed by atoms with E-state index in [4.69, 9.17) is 0 Å². The summed E-state index contributed by atoms with van der Waals surface area (Å²) < 4.78 is 0. The summed E-state index contributed by atoms with van der Waals surface area (Å²) in [5, 5.41) is 9.60. The smallest absolute Gasteiger partial charge is 0.308 e. The Kier molecular flexibility index (Phi) is 5.52. The summed E-state index contributed by atoms with van der Waals surface area (Å²) >= 11 is 0. The molecule has 4 nitrogen and oxygen atoms in total. The lowest BCUT2D eigenvalue weighted by atomic mass is 9.89. The summed E-state index contributed by atoms with van der Waals surface area (Å²) in [6.07, 6.45) is 2.09. The van der Waals surface area contributed by atoms with Gasteiger partial charge in [0.05, 0.1) is 5.92 Å². The summed E-state index contributed by atoms with van der Waals surface area (Å²) in [5.74, 6) is -1.68. The molecule has 0 aromatic heterocycles. The van der Waals surface area contributed by atoms with Crippen molar-refractivity contribution in [3.8, 4) is 0 Å². The van der Waals surface area contributed by atoms with Gasteiger partial charge in [0.2, 0.25) is 5.91 Å². The van der Waals surface area contributed by atoms with Gasteiger partial charge in [-0.25, -0.2) is 0 Å². The molecule has 2 aromatic rings. The molecule has 1 aliphatic rings. The van der Waals surface area contributed by atoms with E-state index in [0.717, 1.165) is 11.1 Å². The predicted octanol–water partition coefficient (Wildman–Crippen LogP) is 3.67. The van der Waals surface area contributed by atoms with Gasteiger partial charge in [-0.2, -0.15) is 0 Å². The Bertz CT molecular complexity index is 772. The largest absolute Gasteiger partial charge is 0.481 e. The number of carboxylic acids is 1. The Hall–Kier alpha value is -2.88. The van der Waals surface area contributed by atoms with Gasteiger partial charge in [-0.1, -0.05) is 66.7 Å². The summed E-state index contributed by atoms with van der Waals surface area (Å²) in [7, 11) is 0. The van der Waals surface area contributed by atoms with E-state index in [1.54, 1.807) is 11.0 Å². The molecule has 1 unspecified atom stereocenters. The van der Waals surface area contributed by atoms with Crippen LogP contribution in [0, 0.1) is 5.92 Å². The zero-order chi connectivity index (χ0) is 18.5. The van der Waals surface area contributed by atoms with E-state index in [0.29, 0.717) is 13.0 Å². The predicted molar refractivity (Wildman–Crippen MR) is 101 cm³/mol. The number of hydrogen-bond donors (Lipinski definition) is 1. The zero-order valence-corrected chi connectivity index (χ0v) is 14.6. The van der Waals surface area contributed by atoms with Gasteiger partial charge in [0, 0.05) is 31.3 Å². The monoisotopic (exact) mass is 349 g/mol. The van der Waals surface area contributed by atoms with E-state index in [2.05, 4.69) is 6.58 Å². The molecule has 26 heavy (non-hydrogen) atoms. The average molecular weight is 349 g/mol. The van der Waals surface area contributed by atoms with Crippen LogP contribution in [0.3, 0.4) is 0 Å². The molecule has 134 valence electrons. The number of hydrogen-bond acceptors (Lipinski definition) is 2. The van der Waals surface area contributed by atoms with Crippen LogP contribution < -0.4 is 0 Å². The van der Waals surface area contributed by atoms with Crippen LogP contribution in [0.1, 0.15) is 29.4 Å². The van der Waals surface area contributed by atoms with Crippen molar-refractivity contribution in [1.82, 2.24) is 4.90 Å². The van der Waals surface area contributed by atoms with Gasteiger partial charge < -0.3 is 10.0 Å². The highest BCUT2D eigenvalue weighted by atomic mass is 16.4. The number of aliphatic carboxylic acids is 1. The second-order valence-electron chi connectivity index (χ2n) is 6.72. The fourth-order valence-corrected chi connectivity index (χ4v) is 3.65. The van der Waals surface area contributed by atoms with Gasteiger partial charge in [-0.15, -0.1) is 6.58 Å². The third kappa shape index (κ3) is 3.85. The topological polar surface area (TPSA) is 57.6 Å². The highest BCUT2D eigenvalue weighted by Gasteiger charge is 2.40. The maximum Gasteiger partial charge on any atom is 0.308 e. The van der Waals surface area contributed by atoms with E-state index in [1.807, 2.05) is 60.7 Å². The number of likely N-dealkylation sites (tertiary alicyclic amines) is 1. The summed E-state index contributed by atoms with van der Waals surface area (Å²) in [5.41, 5.74) is 2.02. The van der Waals surface area contributed by atoms with Crippen LogP contribution >= 0.6 is 0 Å². The molecular weight excluding hydrogens is 326 g/mol. The molecule has 1 fully saturated rings. The molecule has 0 spiro atoms. The maximum atomic E-state index is 12.8. The maximum absolute atomic E-state index is 12.8. The molecule has 1 amide bonds. The van der Waals surface area contributed by atoms with Gasteiger partial charge in [0.1, 0.15) is 0 Å². The molecule has 2 aromatic carbocycles. The standard InChI is InChI=1S/C22H23NO3/c1-2-16(17-9-5-3-6-10-17)13-21(24)23-14-19(20(15-23)22(25)26)18-11-7-4-8-12-18/h2-12,16,19-20H,1,13-15H2,(H,25,26)/t16?,19-,20-/m1/s1. The molecular formula is C22H23NO3. The summed E-state index contributed by atoms with van der Waals surface area (Å²) in [6.45, 7) is 4.56. The van der Waals surface area contributed by atoms with Gasteiger partial charge in [0.15, 0.2) is 0 Å². The fourth-order valence-electron chi connectivity index (χ4n) is 3.65. The van der Waals surface area contributed by atoms with Crippen LogP contribution in [-0.4, -0.2) is 35.0 Å². The van der Waals surface area contributed by atoms with E-state index in [1.165, 1.54) is 0 Å². The van der Waals surface area contributed by atoms with Crippen molar-refractivity contribution in [2.75, 3.05) is 13.1 Å².